The van der Waals surface area contributed by atoms with Gasteiger partial charge in [0.15, 0.2) is 0 Å². The molecule has 19 heavy (non-hydrogen) atoms. The van der Waals surface area contributed by atoms with Gasteiger partial charge in [-0.15, -0.1) is 0 Å². The van der Waals surface area contributed by atoms with E-state index in [0.717, 1.165) is 10.9 Å². The van der Waals surface area contributed by atoms with Gasteiger partial charge in [0.2, 0.25) is 0 Å². The summed E-state index contributed by atoms with van der Waals surface area (Å²) >= 11 is 0. The van der Waals surface area contributed by atoms with Crippen molar-refractivity contribution in [3.8, 4) is 5.69 Å². The van der Waals surface area contributed by atoms with Crippen molar-refractivity contribution in [2.75, 3.05) is 5.73 Å². The molecule has 5 nitrogen and oxygen atoms in total. The molecule has 0 radical (unpaired) electrons. The highest BCUT2D eigenvalue weighted by atomic mass is 16.4. The fraction of sp³-hybridized carbons (Fsp3) is 0. The Morgan fingerprint density at radius 3 is 2.74 bits per heavy atom. The van der Waals surface area contributed by atoms with Crippen molar-refractivity contribution in [1.29, 1.82) is 0 Å². The third kappa shape index (κ3) is 1.81. The minimum Gasteiger partial charge on any atom is -0.478 e. The largest absolute Gasteiger partial charge is 0.478 e. The highest BCUT2D eigenvalue weighted by Gasteiger charge is 2.10. The van der Waals surface area contributed by atoms with Crippen LogP contribution >= 0.6 is 0 Å². The quantitative estimate of drug-likeness (QED) is 0.687. The number of fused-ring (bicyclic) bond motifs is 1. The zero-order valence-corrected chi connectivity index (χ0v) is 9.95. The van der Waals surface area contributed by atoms with Crippen LogP contribution in [0.4, 0.5) is 5.69 Å². The molecule has 0 bridgehead atoms. The standard InChI is InChI=1S/C14H11N3O2/c15-11-7-9(14(18)19)5-6-13(11)17-12-4-2-1-3-10(12)8-16-17/h1-8H,15H2,(H,18,19). The molecule has 5 heteroatoms. The first-order chi connectivity index (χ1) is 9.16. The summed E-state index contributed by atoms with van der Waals surface area (Å²) in [6.07, 6.45) is 1.75. The van der Waals surface area contributed by atoms with E-state index in [1.54, 1.807) is 16.9 Å². The Morgan fingerprint density at radius 1 is 1.21 bits per heavy atom. The molecule has 1 aromatic heterocycles. The lowest BCUT2D eigenvalue weighted by atomic mass is 10.1. The summed E-state index contributed by atoms with van der Waals surface area (Å²) in [5.41, 5.74) is 8.07. The minimum absolute atomic E-state index is 0.165. The monoisotopic (exact) mass is 253 g/mol. The van der Waals surface area contributed by atoms with Crippen LogP contribution in [0, 0.1) is 0 Å². The Labute approximate surface area is 108 Å². The van der Waals surface area contributed by atoms with Gasteiger partial charge in [-0.2, -0.15) is 5.10 Å². The van der Waals surface area contributed by atoms with E-state index in [4.69, 9.17) is 10.8 Å². The molecule has 0 amide bonds. The van der Waals surface area contributed by atoms with Gasteiger partial charge in [-0.25, -0.2) is 9.48 Å². The molecule has 0 spiro atoms. The lowest BCUT2D eigenvalue weighted by molar-refractivity contribution is 0.0697. The van der Waals surface area contributed by atoms with Crippen molar-refractivity contribution in [3.63, 3.8) is 0 Å². The number of benzene rings is 2. The highest BCUT2D eigenvalue weighted by Crippen LogP contribution is 2.23. The van der Waals surface area contributed by atoms with E-state index >= 15 is 0 Å². The number of nitrogens with two attached hydrogens (primary N) is 1. The second-order valence-electron chi connectivity index (χ2n) is 4.19. The maximum atomic E-state index is 10.9. The van der Waals surface area contributed by atoms with E-state index in [9.17, 15) is 4.79 Å². The van der Waals surface area contributed by atoms with Gasteiger partial charge in [-0.05, 0) is 24.3 Å². The fourth-order valence-electron chi connectivity index (χ4n) is 2.04. The molecule has 0 atom stereocenters. The lowest BCUT2D eigenvalue weighted by Gasteiger charge is -2.08. The molecule has 2 aromatic carbocycles. The number of aromatic nitrogens is 2. The molecule has 0 saturated heterocycles. The van der Waals surface area contributed by atoms with Gasteiger partial charge in [0, 0.05) is 5.39 Å². The zero-order valence-electron chi connectivity index (χ0n) is 9.95. The van der Waals surface area contributed by atoms with Crippen LogP contribution in [0.3, 0.4) is 0 Å². The van der Waals surface area contributed by atoms with E-state index in [-0.39, 0.29) is 5.56 Å². The summed E-state index contributed by atoms with van der Waals surface area (Å²) in [6, 6.07) is 12.4. The van der Waals surface area contributed by atoms with Gasteiger partial charge in [0.1, 0.15) is 0 Å². The number of aromatic carboxylic acids is 1. The fourth-order valence-corrected chi connectivity index (χ4v) is 2.04. The van der Waals surface area contributed by atoms with Crippen molar-refractivity contribution in [2.24, 2.45) is 0 Å². The van der Waals surface area contributed by atoms with E-state index in [1.165, 1.54) is 12.1 Å². The molecule has 0 aliphatic carbocycles. The number of anilines is 1. The van der Waals surface area contributed by atoms with Crippen LogP contribution in [0.25, 0.3) is 16.6 Å². The maximum Gasteiger partial charge on any atom is 0.335 e. The molecule has 0 unspecified atom stereocenters. The van der Waals surface area contributed by atoms with Gasteiger partial charge in [-0.3, -0.25) is 0 Å². The Kier molecular flexibility index (Phi) is 2.45. The topological polar surface area (TPSA) is 81.1 Å². The van der Waals surface area contributed by atoms with E-state index in [2.05, 4.69) is 5.10 Å². The minimum atomic E-state index is -0.997. The number of carboxylic acids is 1. The molecular weight excluding hydrogens is 242 g/mol. The van der Waals surface area contributed by atoms with Gasteiger partial charge in [0.25, 0.3) is 0 Å². The third-order valence-corrected chi connectivity index (χ3v) is 2.98. The highest BCUT2D eigenvalue weighted by molar-refractivity contribution is 5.90. The van der Waals surface area contributed by atoms with E-state index < -0.39 is 5.97 Å². The van der Waals surface area contributed by atoms with Crippen LogP contribution in [-0.2, 0) is 0 Å². The number of hydrogen-bond donors (Lipinski definition) is 2. The molecule has 3 rings (SSSR count). The van der Waals surface area contributed by atoms with Crippen molar-refractivity contribution in [2.45, 2.75) is 0 Å². The average Bonchev–Trinajstić information content (AvgIpc) is 2.82. The summed E-state index contributed by atoms with van der Waals surface area (Å²) in [6.45, 7) is 0. The van der Waals surface area contributed by atoms with Crippen molar-refractivity contribution < 1.29 is 9.90 Å². The summed E-state index contributed by atoms with van der Waals surface area (Å²) in [7, 11) is 0. The predicted molar refractivity (Wildman–Crippen MR) is 72.4 cm³/mol. The molecule has 3 aromatic rings. The molecular formula is C14H11N3O2. The smallest absolute Gasteiger partial charge is 0.335 e. The number of carboxylic acid groups (broad SMARTS) is 1. The average molecular weight is 253 g/mol. The Hall–Kier alpha value is -2.82. The number of rotatable bonds is 2. The molecule has 94 valence electrons. The zero-order chi connectivity index (χ0) is 13.4. The number of carbonyl (C=O) groups is 1. The molecule has 0 fully saturated rings. The maximum absolute atomic E-state index is 10.9. The Morgan fingerprint density at radius 2 is 2.00 bits per heavy atom. The first kappa shape index (κ1) is 11.3. The number of nitrogens with zero attached hydrogens (tertiary/aromatic N) is 2. The first-order valence-corrected chi connectivity index (χ1v) is 5.73. The first-order valence-electron chi connectivity index (χ1n) is 5.73. The molecule has 1 heterocycles. The van der Waals surface area contributed by atoms with Gasteiger partial charge in [0.05, 0.1) is 28.7 Å². The van der Waals surface area contributed by atoms with Crippen LogP contribution in [-0.4, -0.2) is 20.9 Å². The van der Waals surface area contributed by atoms with Gasteiger partial charge in [-0.1, -0.05) is 18.2 Å². The SMILES string of the molecule is Nc1cc(C(=O)O)ccc1-n1ncc2ccccc21. The van der Waals surface area contributed by atoms with Crippen LogP contribution in [0.5, 0.6) is 0 Å². The lowest BCUT2D eigenvalue weighted by Crippen LogP contribution is -2.04. The second-order valence-corrected chi connectivity index (χ2v) is 4.19. The van der Waals surface area contributed by atoms with Crippen molar-refractivity contribution >= 4 is 22.6 Å². The van der Waals surface area contributed by atoms with Crippen LogP contribution in [0.2, 0.25) is 0 Å². The normalized spacial score (nSPS) is 10.7. The summed E-state index contributed by atoms with van der Waals surface area (Å²) in [5, 5.41) is 14.2. The third-order valence-electron chi connectivity index (χ3n) is 2.98. The van der Waals surface area contributed by atoms with Crippen molar-refractivity contribution in [3.05, 3.63) is 54.2 Å². The van der Waals surface area contributed by atoms with E-state index in [0.29, 0.717) is 11.4 Å². The van der Waals surface area contributed by atoms with Gasteiger partial charge >= 0.3 is 5.97 Å². The van der Waals surface area contributed by atoms with Gasteiger partial charge < -0.3 is 10.8 Å². The number of nitrogen functional groups attached to an aromatic ring is 1. The number of hydrogen-bond acceptors (Lipinski definition) is 3. The molecule has 3 N–H and O–H groups in total. The van der Waals surface area contributed by atoms with Crippen LogP contribution < -0.4 is 5.73 Å². The Balaban J connectivity index is 2.19. The number of para-hydroxylation sites is 1. The summed E-state index contributed by atoms with van der Waals surface area (Å²) in [5.74, 6) is -0.997. The summed E-state index contributed by atoms with van der Waals surface area (Å²) in [4.78, 5) is 10.9. The van der Waals surface area contributed by atoms with Crippen LogP contribution in [0.15, 0.2) is 48.7 Å². The van der Waals surface area contributed by atoms with Crippen LogP contribution in [0.1, 0.15) is 10.4 Å². The van der Waals surface area contributed by atoms with E-state index in [1.807, 2.05) is 24.3 Å². The molecule has 0 aliphatic rings. The Bertz CT molecular complexity index is 777. The van der Waals surface area contributed by atoms with Crippen molar-refractivity contribution in [1.82, 2.24) is 9.78 Å². The molecule has 0 saturated carbocycles. The predicted octanol–water partition coefficient (Wildman–Crippen LogP) is 2.31. The summed E-state index contributed by atoms with van der Waals surface area (Å²) < 4.78 is 1.70. The molecule has 0 aliphatic heterocycles. The second kappa shape index (κ2) is 4.13.